The van der Waals surface area contributed by atoms with Crippen LogP contribution in [0.25, 0.3) is 10.8 Å². The quantitative estimate of drug-likeness (QED) is 0.686. The van der Waals surface area contributed by atoms with Gasteiger partial charge in [-0.1, -0.05) is 18.2 Å². The molecule has 1 aliphatic rings. The second kappa shape index (κ2) is 6.83. The molecule has 0 spiro atoms. The van der Waals surface area contributed by atoms with Gasteiger partial charge in [-0.2, -0.15) is 0 Å². The highest BCUT2D eigenvalue weighted by Crippen LogP contribution is 2.29. The van der Waals surface area contributed by atoms with Crippen LogP contribution in [0.3, 0.4) is 0 Å². The van der Waals surface area contributed by atoms with Gasteiger partial charge in [0.05, 0.1) is 17.7 Å². The van der Waals surface area contributed by atoms with E-state index in [1.807, 2.05) is 40.6 Å². The Morgan fingerprint density at radius 2 is 2.21 bits per heavy atom. The number of anilines is 1. The van der Waals surface area contributed by atoms with Crippen LogP contribution in [0.2, 0.25) is 0 Å². The average Bonchev–Trinajstić information content (AvgIpc) is 3.34. The van der Waals surface area contributed by atoms with Crippen LogP contribution in [0, 0.1) is 0 Å². The van der Waals surface area contributed by atoms with E-state index in [4.69, 9.17) is 4.42 Å². The highest BCUT2D eigenvalue weighted by molar-refractivity contribution is 7.99. The van der Waals surface area contributed by atoms with Gasteiger partial charge in [-0.15, -0.1) is 23.1 Å². The summed E-state index contributed by atoms with van der Waals surface area (Å²) in [6.07, 6.45) is 2.60. The third-order valence-corrected chi connectivity index (χ3v) is 5.80. The molecule has 6 heteroatoms. The van der Waals surface area contributed by atoms with Gasteiger partial charge in [-0.3, -0.25) is 4.79 Å². The van der Waals surface area contributed by atoms with Gasteiger partial charge >= 0.3 is 0 Å². The van der Waals surface area contributed by atoms with Crippen molar-refractivity contribution in [1.29, 1.82) is 0 Å². The molecular formula is C18H16N2O2S2. The lowest BCUT2D eigenvalue weighted by atomic mass is 10.2. The summed E-state index contributed by atoms with van der Waals surface area (Å²) in [5.41, 5.74) is 3.32. The summed E-state index contributed by atoms with van der Waals surface area (Å²) in [4.78, 5) is 18.9. The van der Waals surface area contributed by atoms with Crippen LogP contribution < -0.4 is 4.90 Å². The Bertz CT molecular complexity index is 842. The number of aromatic nitrogens is 1. The summed E-state index contributed by atoms with van der Waals surface area (Å²) in [5, 5.41) is 2.91. The number of rotatable bonds is 5. The summed E-state index contributed by atoms with van der Waals surface area (Å²) in [5.74, 6) is 2.17. The summed E-state index contributed by atoms with van der Waals surface area (Å²) in [7, 11) is 0. The molecule has 0 radical (unpaired) electrons. The maximum atomic E-state index is 12.5. The lowest BCUT2D eigenvalue weighted by molar-refractivity contribution is -0.116. The van der Waals surface area contributed by atoms with Crippen molar-refractivity contribution in [2.75, 3.05) is 17.2 Å². The number of nitrogens with zero attached hydrogens (tertiary/aromatic N) is 2. The van der Waals surface area contributed by atoms with Crippen molar-refractivity contribution in [2.24, 2.45) is 0 Å². The average molecular weight is 356 g/mol. The molecule has 1 aliphatic heterocycles. The molecule has 2 aromatic heterocycles. The van der Waals surface area contributed by atoms with Crippen molar-refractivity contribution in [3.63, 3.8) is 0 Å². The number of thioether (sulfide) groups is 1. The zero-order chi connectivity index (χ0) is 16.4. The minimum absolute atomic E-state index is 0.173. The first-order valence-corrected chi connectivity index (χ1v) is 9.79. The van der Waals surface area contributed by atoms with E-state index in [2.05, 4.69) is 11.1 Å². The Balaban J connectivity index is 1.32. The smallest absolute Gasteiger partial charge is 0.237 e. The standard InChI is InChI=1S/C18H16N2O2S2/c21-17(20-8-7-13-4-1-2-5-15(13)20)12-23-10-14-11-24-18(19-14)16-6-3-9-22-16/h1-6,9,11H,7-8,10,12H2. The first-order valence-electron chi connectivity index (χ1n) is 7.75. The number of fused-ring (bicyclic) bond motifs is 1. The highest BCUT2D eigenvalue weighted by atomic mass is 32.2. The van der Waals surface area contributed by atoms with Crippen LogP contribution in [0.5, 0.6) is 0 Å². The van der Waals surface area contributed by atoms with Gasteiger partial charge in [0.1, 0.15) is 0 Å². The maximum absolute atomic E-state index is 12.5. The van der Waals surface area contributed by atoms with Crippen molar-refractivity contribution in [2.45, 2.75) is 12.2 Å². The molecule has 3 heterocycles. The van der Waals surface area contributed by atoms with Gasteiger partial charge in [0.25, 0.3) is 0 Å². The largest absolute Gasteiger partial charge is 0.462 e. The second-order valence-corrected chi connectivity index (χ2v) is 7.38. The van der Waals surface area contributed by atoms with Crippen LogP contribution in [-0.2, 0) is 17.0 Å². The maximum Gasteiger partial charge on any atom is 0.237 e. The zero-order valence-electron chi connectivity index (χ0n) is 13.0. The first-order chi connectivity index (χ1) is 11.8. The Morgan fingerprint density at radius 3 is 3.08 bits per heavy atom. The Labute approximate surface area is 148 Å². The molecular weight excluding hydrogens is 340 g/mol. The number of amides is 1. The number of furan rings is 1. The minimum atomic E-state index is 0.173. The van der Waals surface area contributed by atoms with Crippen molar-refractivity contribution < 1.29 is 9.21 Å². The van der Waals surface area contributed by atoms with Gasteiger partial charge in [0, 0.05) is 23.4 Å². The van der Waals surface area contributed by atoms with Gasteiger partial charge in [-0.25, -0.2) is 4.98 Å². The second-order valence-electron chi connectivity index (χ2n) is 5.54. The summed E-state index contributed by atoms with van der Waals surface area (Å²) >= 11 is 3.18. The zero-order valence-corrected chi connectivity index (χ0v) is 14.6. The molecule has 4 rings (SSSR count). The summed E-state index contributed by atoms with van der Waals surface area (Å²) in [6.45, 7) is 0.790. The molecule has 4 nitrogen and oxygen atoms in total. The fourth-order valence-corrected chi connectivity index (χ4v) is 4.49. The van der Waals surface area contributed by atoms with Gasteiger partial charge in [0.2, 0.25) is 5.91 Å². The third kappa shape index (κ3) is 3.12. The number of hydrogen-bond acceptors (Lipinski definition) is 5. The predicted molar refractivity (Wildman–Crippen MR) is 98.5 cm³/mol. The van der Waals surface area contributed by atoms with Crippen LogP contribution in [0.1, 0.15) is 11.3 Å². The summed E-state index contributed by atoms with van der Waals surface area (Å²) in [6, 6.07) is 11.9. The van der Waals surface area contributed by atoms with Gasteiger partial charge < -0.3 is 9.32 Å². The SMILES string of the molecule is O=C(CSCc1csc(-c2ccco2)n1)N1CCc2ccccc21. The number of carbonyl (C=O) groups is 1. The highest BCUT2D eigenvalue weighted by Gasteiger charge is 2.23. The molecule has 0 atom stereocenters. The Morgan fingerprint density at radius 1 is 1.29 bits per heavy atom. The Hall–Kier alpha value is -2.05. The van der Waals surface area contributed by atoms with Crippen molar-refractivity contribution in [3.8, 4) is 10.8 Å². The molecule has 24 heavy (non-hydrogen) atoms. The first kappa shape index (κ1) is 15.5. The molecule has 0 saturated carbocycles. The van der Waals surface area contributed by atoms with Crippen molar-refractivity contribution in [1.82, 2.24) is 4.98 Å². The molecule has 3 aromatic rings. The van der Waals surface area contributed by atoms with E-state index in [0.29, 0.717) is 5.75 Å². The third-order valence-electron chi connectivity index (χ3n) is 3.95. The van der Waals surface area contributed by atoms with Crippen molar-refractivity contribution >= 4 is 34.7 Å². The molecule has 0 N–H and O–H groups in total. The van der Waals surface area contributed by atoms with Crippen molar-refractivity contribution in [3.05, 3.63) is 59.3 Å². The van der Waals surface area contributed by atoms with E-state index < -0.39 is 0 Å². The fourth-order valence-electron chi connectivity index (χ4n) is 2.80. The van der Waals surface area contributed by atoms with Gasteiger partial charge in [-0.05, 0) is 30.2 Å². The van der Waals surface area contributed by atoms with E-state index in [9.17, 15) is 4.79 Å². The number of thiazole rings is 1. The van der Waals surface area contributed by atoms with E-state index in [1.54, 1.807) is 29.4 Å². The predicted octanol–water partition coefficient (Wildman–Crippen LogP) is 4.23. The molecule has 0 fully saturated rings. The molecule has 122 valence electrons. The normalized spacial score (nSPS) is 13.2. The van der Waals surface area contributed by atoms with Crippen LogP contribution in [0.4, 0.5) is 5.69 Å². The monoisotopic (exact) mass is 356 g/mol. The number of hydrogen-bond donors (Lipinski definition) is 0. The number of para-hydroxylation sites is 1. The number of carbonyl (C=O) groups excluding carboxylic acids is 1. The topological polar surface area (TPSA) is 46.3 Å². The van der Waals surface area contributed by atoms with Crippen LogP contribution >= 0.6 is 23.1 Å². The van der Waals surface area contributed by atoms with E-state index >= 15 is 0 Å². The molecule has 0 saturated heterocycles. The molecule has 1 aromatic carbocycles. The minimum Gasteiger partial charge on any atom is -0.462 e. The Kier molecular flexibility index (Phi) is 4.40. The molecule has 0 bridgehead atoms. The van der Waals surface area contributed by atoms with Crippen LogP contribution in [0.15, 0.2) is 52.5 Å². The van der Waals surface area contributed by atoms with Gasteiger partial charge in [0.15, 0.2) is 10.8 Å². The van der Waals surface area contributed by atoms with E-state index in [0.717, 1.165) is 40.9 Å². The van der Waals surface area contributed by atoms with E-state index in [1.165, 1.54) is 5.56 Å². The fraction of sp³-hybridized carbons (Fsp3) is 0.222. The van der Waals surface area contributed by atoms with Crippen LogP contribution in [-0.4, -0.2) is 23.2 Å². The molecule has 1 amide bonds. The molecule has 0 unspecified atom stereocenters. The summed E-state index contributed by atoms with van der Waals surface area (Å²) < 4.78 is 5.36. The number of benzene rings is 1. The lowest BCUT2D eigenvalue weighted by Crippen LogP contribution is -2.30. The molecule has 0 aliphatic carbocycles. The lowest BCUT2D eigenvalue weighted by Gasteiger charge is -2.16. The van der Waals surface area contributed by atoms with E-state index in [-0.39, 0.29) is 5.91 Å².